The van der Waals surface area contributed by atoms with Gasteiger partial charge in [0.25, 0.3) is 23.6 Å². The zero-order valence-corrected chi connectivity index (χ0v) is 28.3. The zero-order chi connectivity index (χ0) is 38.1. The molecule has 0 spiro atoms. The van der Waals surface area contributed by atoms with Crippen molar-refractivity contribution in [1.29, 1.82) is 0 Å². The normalized spacial score (nSPS) is 14.8. The van der Waals surface area contributed by atoms with Crippen molar-refractivity contribution in [2.24, 2.45) is 0 Å². The predicted molar refractivity (Wildman–Crippen MR) is 190 cm³/mol. The SMILES string of the molecule is O=C1c2cccc3c2c(c(C(F)(F)F)c2ccccc23)C(=O)N1CCCCNCCCN1C(=O)c2cccc3c2c(c(C(F)(F)F)c2ccccc23)C1=O. The summed E-state index contributed by atoms with van der Waals surface area (Å²) in [7, 11) is 0. The monoisotopic (exact) mass is 741 g/mol. The number of nitrogens with one attached hydrogen (secondary N) is 1. The number of amides is 4. The third-order valence-corrected chi connectivity index (χ3v) is 10.3. The van der Waals surface area contributed by atoms with Crippen LogP contribution >= 0.6 is 0 Å². The summed E-state index contributed by atoms with van der Waals surface area (Å²) in [5.74, 6) is -3.39. The number of benzene rings is 6. The number of unbranched alkanes of at least 4 members (excludes halogenated alkanes) is 1. The summed E-state index contributed by atoms with van der Waals surface area (Å²) in [5, 5.41) is 4.21. The van der Waals surface area contributed by atoms with E-state index in [4.69, 9.17) is 0 Å². The minimum atomic E-state index is -4.87. The minimum Gasteiger partial charge on any atom is -0.317 e. The number of alkyl halides is 6. The van der Waals surface area contributed by atoms with Crippen LogP contribution in [-0.2, 0) is 12.4 Å². The molecule has 274 valence electrons. The van der Waals surface area contributed by atoms with Crippen molar-refractivity contribution in [2.45, 2.75) is 31.6 Å². The molecule has 2 aliphatic rings. The highest BCUT2D eigenvalue weighted by Crippen LogP contribution is 2.47. The van der Waals surface area contributed by atoms with E-state index in [1.807, 2.05) is 0 Å². The highest BCUT2D eigenvalue weighted by atomic mass is 19.4. The molecule has 0 radical (unpaired) electrons. The van der Waals surface area contributed by atoms with Crippen molar-refractivity contribution >= 4 is 66.7 Å². The Bertz CT molecular complexity index is 2420. The predicted octanol–water partition coefficient (Wildman–Crippen LogP) is 8.99. The fourth-order valence-electron chi connectivity index (χ4n) is 8.01. The molecule has 4 amide bonds. The lowest BCUT2D eigenvalue weighted by atomic mass is 9.85. The van der Waals surface area contributed by atoms with Crippen molar-refractivity contribution in [1.82, 2.24) is 15.1 Å². The smallest absolute Gasteiger partial charge is 0.317 e. The second-order valence-corrected chi connectivity index (χ2v) is 13.4. The van der Waals surface area contributed by atoms with Gasteiger partial charge in [0.1, 0.15) is 0 Å². The second-order valence-electron chi connectivity index (χ2n) is 13.4. The molecule has 2 aliphatic heterocycles. The van der Waals surface area contributed by atoms with Crippen molar-refractivity contribution in [2.75, 3.05) is 26.2 Å². The van der Waals surface area contributed by atoms with Gasteiger partial charge in [0.05, 0.1) is 22.3 Å². The van der Waals surface area contributed by atoms with E-state index < -0.39 is 58.2 Å². The van der Waals surface area contributed by atoms with Crippen LogP contribution in [0.1, 0.15) is 71.8 Å². The topological polar surface area (TPSA) is 86.8 Å². The molecule has 0 saturated carbocycles. The highest BCUT2D eigenvalue weighted by molar-refractivity contribution is 6.31. The first kappa shape index (κ1) is 35.2. The van der Waals surface area contributed by atoms with Crippen molar-refractivity contribution in [3.63, 3.8) is 0 Å². The molecule has 6 aromatic rings. The van der Waals surface area contributed by atoms with Crippen LogP contribution in [0.15, 0.2) is 84.9 Å². The average molecular weight is 742 g/mol. The van der Waals surface area contributed by atoms with Crippen LogP contribution in [0.3, 0.4) is 0 Å². The highest BCUT2D eigenvalue weighted by Gasteiger charge is 2.45. The fourth-order valence-corrected chi connectivity index (χ4v) is 8.01. The van der Waals surface area contributed by atoms with Gasteiger partial charge >= 0.3 is 12.4 Å². The Labute approximate surface area is 303 Å². The first-order valence-corrected chi connectivity index (χ1v) is 17.3. The number of carbonyl (C=O) groups excluding carboxylic acids is 4. The Kier molecular flexibility index (Phi) is 8.44. The molecule has 0 aliphatic carbocycles. The second kappa shape index (κ2) is 12.9. The van der Waals surface area contributed by atoms with Crippen molar-refractivity contribution < 1.29 is 45.5 Å². The van der Waals surface area contributed by atoms with Crippen LogP contribution < -0.4 is 5.32 Å². The van der Waals surface area contributed by atoms with Crippen LogP contribution in [0.4, 0.5) is 26.3 Å². The number of nitrogens with zero attached hydrogens (tertiary/aromatic N) is 2. The van der Waals surface area contributed by atoms with E-state index >= 15 is 0 Å². The van der Waals surface area contributed by atoms with E-state index in [1.54, 1.807) is 36.4 Å². The fraction of sp³-hybridized carbons (Fsp3) is 0.220. The third-order valence-electron chi connectivity index (χ3n) is 10.3. The Morgan fingerprint density at radius 1 is 0.444 bits per heavy atom. The van der Waals surface area contributed by atoms with Gasteiger partial charge in [-0.3, -0.25) is 29.0 Å². The van der Waals surface area contributed by atoms with E-state index in [-0.39, 0.29) is 65.1 Å². The number of carbonyl (C=O) groups is 4. The maximum absolute atomic E-state index is 14.6. The molecular formula is C41H29F6N3O4. The van der Waals surface area contributed by atoms with Gasteiger partial charge in [-0.2, -0.15) is 26.3 Å². The molecule has 6 aromatic carbocycles. The maximum atomic E-state index is 14.6. The number of rotatable bonds is 9. The lowest BCUT2D eigenvalue weighted by molar-refractivity contribution is -0.137. The summed E-state index contributed by atoms with van der Waals surface area (Å²) in [6, 6.07) is 21.1. The van der Waals surface area contributed by atoms with Gasteiger partial charge in [0.15, 0.2) is 0 Å². The lowest BCUT2D eigenvalue weighted by Gasteiger charge is -2.30. The molecule has 7 nitrogen and oxygen atoms in total. The Hall–Kier alpha value is -5.82. The average Bonchev–Trinajstić information content (AvgIpc) is 3.14. The van der Waals surface area contributed by atoms with Gasteiger partial charge < -0.3 is 5.32 Å². The Balaban J connectivity index is 0.928. The van der Waals surface area contributed by atoms with E-state index in [9.17, 15) is 45.5 Å². The molecular weight excluding hydrogens is 712 g/mol. The molecule has 0 fully saturated rings. The van der Waals surface area contributed by atoms with Crippen LogP contribution in [0.25, 0.3) is 43.1 Å². The van der Waals surface area contributed by atoms with E-state index in [1.165, 1.54) is 48.5 Å². The number of imide groups is 2. The van der Waals surface area contributed by atoms with E-state index in [2.05, 4.69) is 5.32 Å². The van der Waals surface area contributed by atoms with Crippen LogP contribution in [0, 0.1) is 0 Å². The van der Waals surface area contributed by atoms with Gasteiger partial charge in [-0.1, -0.05) is 72.8 Å². The third kappa shape index (κ3) is 5.48. The molecule has 0 bridgehead atoms. The maximum Gasteiger partial charge on any atom is 0.417 e. The molecule has 1 N–H and O–H groups in total. The molecule has 54 heavy (non-hydrogen) atoms. The molecule has 8 rings (SSSR count). The lowest BCUT2D eigenvalue weighted by Crippen LogP contribution is -2.43. The van der Waals surface area contributed by atoms with E-state index in [0.717, 1.165) is 9.80 Å². The Morgan fingerprint density at radius 2 is 0.833 bits per heavy atom. The molecule has 0 unspecified atom stereocenters. The number of hydrogen-bond acceptors (Lipinski definition) is 5. The zero-order valence-electron chi connectivity index (χ0n) is 28.3. The minimum absolute atomic E-state index is 0.00902. The van der Waals surface area contributed by atoms with Crippen LogP contribution in [0.2, 0.25) is 0 Å². The molecule has 0 saturated heterocycles. The van der Waals surface area contributed by atoms with Crippen LogP contribution in [0.5, 0.6) is 0 Å². The number of fused-ring (bicyclic) bond motifs is 4. The standard InChI is InChI=1S/C41H29F6N3O4/c42-40(43,44)34-26-12-3-1-10-22(26)24-14-7-16-28-30(24)32(34)38(53)49(36(28)51)20-6-5-18-48-19-9-21-50-37(52)29-17-8-15-25-23-11-2-4-13-27(23)35(41(45,46)47)33(31(25)29)39(50)54/h1-4,7-8,10-17,48H,5-6,9,18-21H2. The van der Waals surface area contributed by atoms with Gasteiger partial charge in [-0.15, -0.1) is 0 Å². The van der Waals surface area contributed by atoms with E-state index in [0.29, 0.717) is 34.5 Å². The summed E-state index contributed by atoms with van der Waals surface area (Å²) in [6.45, 7) is 0.353. The largest absolute Gasteiger partial charge is 0.417 e. The summed E-state index contributed by atoms with van der Waals surface area (Å²) >= 11 is 0. The van der Waals surface area contributed by atoms with Gasteiger partial charge in [0, 0.05) is 35.0 Å². The van der Waals surface area contributed by atoms with Crippen LogP contribution in [-0.4, -0.2) is 59.6 Å². The summed E-state index contributed by atoms with van der Waals surface area (Å²) in [6.07, 6.45) is -8.83. The van der Waals surface area contributed by atoms with Crippen molar-refractivity contribution in [3.05, 3.63) is 118 Å². The molecule has 2 heterocycles. The summed E-state index contributed by atoms with van der Waals surface area (Å²) in [5.41, 5.74) is -3.20. The van der Waals surface area contributed by atoms with Gasteiger partial charge in [-0.05, 0) is 76.8 Å². The molecule has 0 atom stereocenters. The molecule has 0 aromatic heterocycles. The quantitative estimate of drug-likeness (QED) is 0.0692. The summed E-state index contributed by atoms with van der Waals surface area (Å²) in [4.78, 5) is 56.0. The Morgan fingerprint density at radius 3 is 1.28 bits per heavy atom. The van der Waals surface area contributed by atoms with Gasteiger partial charge in [0.2, 0.25) is 0 Å². The molecule has 13 heteroatoms. The first-order chi connectivity index (χ1) is 25.8. The first-order valence-electron chi connectivity index (χ1n) is 17.3. The number of halogens is 6. The summed E-state index contributed by atoms with van der Waals surface area (Å²) < 4.78 is 87.3. The van der Waals surface area contributed by atoms with Gasteiger partial charge in [-0.25, -0.2) is 0 Å². The number of hydrogen-bond donors (Lipinski definition) is 1. The van der Waals surface area contributed by atoms with Crippen molar-refractivity contribution in [3.8, 4) is 0 Å².